The summed E-state index contributed by atoms with van der Waals surface area (Å²) >= 11 is 0. The zero-order valence-corrected chi connectivity index (χ0v) is 16.7. The molecule has 1 heterocycles. The van der Waals surface area contributed by atoms with E-state index in [1.807, 2.05) is 48.5 Å². The van der Waals surface area contributed by atoms with Gasteiger partial charge in [-0.2, -0.15) is 0 Å². The number of hydrogen-bond acceptors (Lipinski definition) is 3. The normalized spacial score (nSPS) is 16.3. The highest BCUT2D eigenvalue weighted by Crippen LogP contribution is 2.35. The molecule has 2 N–H and O–H groups in total. The van der Waals surface area contributed by atoms with Crippen LogP contribution in [-0.2, 0) is 11.4 Å². The molecule has 1 aliphatic rings. The van der Waals surface area contributed by atoms with Crippen molar-refractivity contribution < 1.29 is 9.53 Å². The average molecular weight is 389 g/mol. The van der Waals surface area contributed by atoms with Gasteiger partial charge in [-0.15, -0.1) is 0 Å². The Balaban J connectivity index is 1.43. The molecular formula is C25H28N2O2. The van der Waals surface area contributed by atoms with Gasteiger partial charge in [0.2, 0.25) is 5.91 Å². The van der Waals surface area contributed by atoms with Crippen LogP contribution in [0.5, 0.6) is 5.75 Å². The molecule has 1 aromatic heterocycles. The second-order valence-electron chi connectivity index (χ2n) is 7.98. The molecule has 29 heavy (non-hydrogen) atoms. The first-order valence-electron chi connectivity index (χ1n) is 10.6. The lowest BCUT2D eigenvalue weighted by molar-refractivity contribution is -0.120. The molecule has 1 saturated carbocycles. The zero-order chi connectivity index (χ0) is 20.1. The lowest BCUT2D eigenvalue weighted by atomic mass is 9.81. The van der Waals surface area contributed by atoms with Crippen LogP contribution in [0.4, 0.5) is 0 Å². The molecule has 0 saturated heterocycles. The van der Waals surface area contributed by atoms with Crippen LogP contribution >= 0.6 is 0 Å². The van der Waals surface area contributed by atoms with Gasteiger partial charge in [-0.1, -0.05) is 62.1 Å². The van der Waals surface area contributed by atoms with E-state index in [4.69, 9.17) is 10.5 Å². The van der Waals surface area contributed by atoms with E-state index in [1.54, 1.807) is 0 Å². The standard InChI is InChI=1S/C25H28N2O2/c26-25(28)24(19-8-3-1-2-4-9-19)20-12-15-22(16-13-20)29-17-21-14-11-18-7-5-6-10-23(18)27-21/h5-7,10-16,19,24H,1-4,8-9,17H2,(H2,26,28). The SMILES string of the molecule is NC(=O)C(c1ccc(OCc2ccc3ccccc3n2)cc1)C1CCCCCC1. The van der Waals surface area contributed by atoms with Gasteiger partial charge in [-0.05, 0) is 48.6 Å². The van der Waals surface area contributed by atoms with Gasteiger partial charge in [-0.3, -0.25) is 4.79 Å². The topological polar surface area (TPSA) is 65.2 Å². The molecule has 0 bridgehead atoms. The number of amides is 1. The maximum Gasteiger partial charge on any atom is 0.225 e. The molecule has 1 amide bonds. The minimum atomic E-state index is -0.217. The Morgan fingerprint density at radius 3 is 2.41 bits per heavy atom. The van der Waals surface area contributed by atoms with E-state index in [0.717, 1.165) is 40.8 Å². The third-order valence-corrected chi connectivity index (χ3v) is 5.96. The number of rotatable bonds is 6. The van der Waals surface area contributed by atoms with Crippen LogP contribution < -0.4 is 10.5 Å². The highest BCUT2D eigenvalue weighted by Gasteiger charge is 2.28. The monoisotopic (exact) mass is 388 g/mol. The van der Waals surface area contributed by atoms with E-state index in [0.29, 0.717) is 12.5 Å². The van der Waals surface area contributed by atoms with Gasteiger partial charge in [0.25, 0.3) is 0 Å². The molecule has 150 valence electrons. The molecule has 1 unspecified atom stereocenters. The Kier molecular flexibility index (Phi) is 6.09. The molecule has 4 heteroatoms. The number of hydrogen-bond donors (Lipinski definition) is 1. The summed E-state index contributed by atoms with van der Waals surface area (Å²) in [4.78, 5) is 16.8. The third-order valence-electron chi connectivity index (χ3n) is 5.96. The van der Waals surface area contributed by atoms with E-state index in [-0.39, 0.29) is 11.8 Å². The lowest BCUT2D eigenvalue weighted by Gasteiger charge is -2.24. The molecule has 0 spiro atoms. The molecule has 0 aliphatic heterocycles. The Morgan fingerprint density at radius 2 is 1.69 bits per heavy atom. The number of fused-ring (bicyclic) bond motifs is 1. The molecule has 4 rings (SSSR count). The van der Waals surface area contributed by atoms with E-state index in [9.17, 15) is 4.79 Å². The fourth-order valence-corrected chi connectivity index (χ4v) is 4.43. The Bertz CT molecular complexity index is 960. The van der Waals surface area contributed by atoms with Crippen LogP contribution in [-0.4, -0.2) is 10.9 Å². The van der Waals surface area contributed by atoms with Gasteiger partial charge in [0.1, 0.15) is 12.4 Å². The Labute approximate surface area is 172 Å². The number of aromatic nitrogens is 1. The van der Waals surface area contributed by atoms with E-state index >= 15 is 0 Å². The number of pyridine rings is 1. The maximum atomic E-state index is 12.2. The first kappa shape index (κ1) is 19.4. The smallest absolute Gasteiger partial charge is 0.225 e. The Morgan fingerprint density at radius 1 is 0.966 bits per heavy atom. The first-order chi connectivity index (χ1) is 14.2. The third kappa shape index (κ3) is 4.76. The first-order valence-corrected chi connectivity index (χ1v) is 10.6. The van der Waals surface area contributed by atoms with Gasteiger partial charge in [0.05, 0.1) is 17.1 Å². The molecule has 1 atom stereocenters. The molecule has 3 aromatic rings. The van der Waals surface area contributed by atoms with Crippen LogP contribution in [0.15, 0.2) is 60.7 Å². The predicted molar refractivity (Wildman–Crippen MR) is 116 cm³/mol. The van der Waals surface area contributed by atoms with Crippen LogP contribution in [0.3, 0.4) is 0 Å². The summed E-state index contributed by atoms with van der Waals surface area (Å²) in [5.74, 6) is 0.701. The van der Waals surface area contributed by atoms with Crippen molar-refractivity contribution >= 4 is 16.8 Å². The van der Waals surface area contributed by atoms with Crippen molar-refractivity contribution in [1.82, 2.24) is 4.98 Å². The van der Waals surface area contributed by atoms with Crippen LogP contribution in [0.1, 0.15) is 55.7 Å². The fraction of sp³-hybridized carbons (Fsp3) is 0.360. The van der Waals surface area contributed by atoms with Crippen molar-refractivity contribution in [3.8, 4) is 5.75 Å². The van der Waals surface area contributed by atoms with Gasteiger partial charge >= 0.3 is 0 Å². The fourth-order valence-electron chi connectivity index (χ4n) is 4.43. The van der Waals surface area contributed by atoms with Crippen molar-refractivity contribution in [2.24, 2.45) is 11.7 Å². The van der Waals surface area contributed by atoms with Crippen LogP contribution in [0.25, 0.3) is 10.9 Å². The molecule has 1 fully saturated rings. The van der Waals surface area contributed by atoms with Crippen molar-refractivity contribution in [2.45, 2.75) is 51.0 Å². The van der Waals surface area contributed by atoms with Gasteiger partial charge < -0.3 is 10.5 Å². The van der Waals surface area contributed by atoms with Crippen LogP contribution in [0, 0.1) is 5.92 Å². The second-order valence-corrected chi connectivity index (χ2v) is 7.98. The molecule has 1 aliphatic carbocycles. The average Bonchev–Trinajstić information content (AvgIpc) is 3.02. The number of carbonyl (C=O) groups excluding carboxylic acids is 1. The summed E-state index contributed by atoms with van der Waals surface area (Å²) in [6.45, 7) is 0.409. The lowest BCUT2D eigenvalue weighted by Crippen LogP contribution is -2.28. The number of primary amides is 1. The highest BCUT2D eigenvalue weighted by atomic mass is 16.5. The van der Waals surface area contributed by atoms with E-state index in [2.05, 4.69) is 17.1 Å². The largest absolute Gasteiger partial charge is 0.487 e. The van der Waals surface area contributed by atoms with Gasteiger partial charge in [0, 0.05) is 5.39 Å². The van der Waals surface area contributed by atoms with Crippen molar-refractivity contribution in [1.29, 1.82) is 0 Å². The maximum absolute atomic E-state index is 12.2. The number of ether oxygens (including phenoxy) is 1. The number of carbonyl (C=O) groups is 1. The van der Waals surface area contributed by atoms with E-state index in [1.165, 1.54) is 25.7 Å². The zero-order valence-electron chi connectivity index (χ0n) is 16.7. The highest BCUT2D eigenvalue weighted by molar-refractivity contribution is 5.82. The number of benzene rings is 2. The summed E-state index contributed by atoms with van der Waals surface area (Å²) in [7, 11) is 0. The molecule has 2 aromatic carbocycles. The summed E-state index contributed by atoms with van der Waals surface area (Å²) in [6, 6.07) is 20.0. The minimum Gasteiger partial charge on any atom is -0.487 e. The molecular weight excluding hydrogens is 360 g/mol. The summed E-state index contributed by atoms with van der Waals surface area (Å²) in [6.07, 6.45) is 7.07. The van der Waals surface area contributed by atoms with E-state index < -0.39 is 0 Å². The number of nitrogens with zero attached hydrogens (tertiary/aromatic N) is 1. The minimum absolute atomic E-state index is 0.204. The summed E-state index contributed by atoms with van der Waals surface area (Å²) in [5.41, 5.74) is 8.65. The summed E-state index contributed by atoms with van der Waals surface area (Å²) < 4.78 is 5.92. The van der Waals surface area contributed by atoms with Crippen molar-refractivity contribution in [3.05, 3.63) is 71.9 Å². The predicted octanol–water partition coefficient (Wildman–Crippen LogP) is 5.35. The number of para-hydroxylation sites is 1. The molecule has 4 nitrogen and oxygen atoms in total. The summed E-state index contributed by atoms with van der Waals surface area (Å²) in [5, 5.41) is 1.12. The Hall–Kier alpha value is -2.88. The quantitative estimate of drug-likeness (QED) is 0.579. The van der Waals surface area contributed by atoms with Gasteiger partial charge in [0.15, 0.2) is 0 Å². The second kappa shape index (κ2) is 9.08. The number of nitrogens with two attached hydrogens (primary N) is 1. The van der Waals surface area contributed by atoms with Crippen LogP contribution in [0.2, 0.25) is 0 Å². The molecule has 0 radical (unpaired) electrons. The van der Waals surface area contributed by atoms with Crippen molar-refractivity contribution in [2.75, 3.05) is 0 Å². The van der Waals surface area contributed by atoms with Gasteiger partial charge in [-0.25, -0.2) is 4.98 Å². The van der Waals surface area contributed by atoms with Crippen molar-refractivity contribution in [3.63, 3.8) is 0 Å².